The number of halogens is 2. The molecule has 0 aromatic heterocycles. The van der Waals surface area contributed by atoms with E-state index in [4.69, 9.17) is 15.9 Å². The Kier molecular flexibility index (Phi) is 4.51. The van der Waals surface area contributed by atoms with E-state index in [9.17, 15) is 4.39 Å². The van der Waals surface area contributed by atoms with Gasteiger partial charge < -0.3 is 10.5 Å². The Morgan fingerprint density at radius 2 is 2.18 bits per heavy atom. The van der Waals surface area contributed by atoms with Crippen LogP contribution in [0.1, 0.15) is 20.3 Å². The third-order valence-electron chi connectivity index (χ3n) is 2.62. The second kappa shape index (κ2) is 5.49. The van der Waals surface area contributed by atoms with Gasteiger partial charge in [0.15, 0.2) is 0 Å². The minimum atomic E-state index is -0.378. The van der Waals surface area contributed by atoms with E-state index in [0.717, 1.165) is 0 Å². The first-order valence-corrected chi connectivity index (χ1v) is 6.04. The summed E-state index contributed by atoms with van der Waals surface area (Å²) in [6, 6.07) is 4.49. The summed E-state index contributed by atoms with van der Waals surface area (Å²) in [6.45, 7) is 4.21. The molecule has 0 heterocycles. The number of ether oxygens (including phenoxy) is 1. The van der Waals surface area contributed by atoms with Gasteiger partial charge in [0, 0.05) is 5.41 Å². The zero-order chi connectivity index (χ0) is 13.1. The number of hydrogen-bond donors (Lipinski definition) is 2. The third kappa shape index (κ3) is 4.00. The summed E-state index contributed by atoms with van der Waals surface area (Å²) < 4.78 is 18.8. The molecule has 0 unspecified atom stereocenters. The van der Waals surface area contributed by atoms with Crippen LogP contribution in [0.15, 0.2) is 22.7 Å². The van der Waals surface area contributed by atoms with E-state index in [-0.39, 0.29) is 17.1 Å². The first-order chi connectivity index (χ1) is 7.83. The highest BCUT2D eigenvalue weighted by molar-refractivity contribution is 9.10. The van der Waals surface area contributed by atoms with Crippen LogP contribution in [-0.4, -0.2) is 12.4 Å². The van der Waals surface area contributed by atoms with Crippen molar-refractivity contribution in [1.82, 2.24) is 0 Å². The molecule has 5 heteroatoms. The van der Waals surface area contributed by atoms with Crippen LogP contribution in [0.3, 0.4) is 0 Å². The Bertz CT molecular complexity index is 421. The minimum Gasteiger partial charge on any atom is -0.494 e. The summed E-state index contributed by atoms with van der Waals surface area (Å²) in [5.41, 5.74) is 5.09. The summed E-state index contributed by atoms with van der Waals surface area (Å²) in [4.78, 5) is 0. The van der Waals surface area contributed by atoms with Crippen molar-refractivity contribution in [2.24, 2.45) is 11.1 Å². The molecule has 0 spiro atoms. The van der Waals surface area contributed by atoms with Gasteiger partial charge >= 0.3 is 0 Å². The predicted molar refractivity (Wildman–Crippen MR) is 69.9 cm³/mol. The average molecular weight is 303 g/mol. The lowest BCUT2D eigenvalue weighted by atomic mass is 9.88. The van der Waals surface area contributed by atoms with Crippen molar-refractivity contribution in [3.8, 4) is 5.75 Å². The predicted octanol–water partition coefficient (Wildman–Crippen LogP) is 3.32. The molecule has 0 bridgehead atoms. The molecule has 17 heavy (non-hydrogen) atoms. The zero-order valence-corrected chi connectivity index (χ0v) is 11.5. The highest BCUT2D eigenvalue weighted by Crippen LogP contribution is 2.24. The molecule has 0 saturated heterocycles. The lowest BCUT2D eigenvalue weighted by Crippen LogP contribution is -2.32. The fourth-order valence-electron chi connectivity index (χ4n) is 1.13. The minimum absolute atomic E-state index is 0.140. The van der Waals surface area contributed by atoms with Gasteiger partial charge in [0.25, 0.3) is 0 Å². The fourth-order valence-corrected chi connectivity index (χ4v) is 1.48. The number of benzene rings is 1. The van der Waals surface area contributed by atoms with Crippen LogP contribution in [0.4, 0.5) is 4.39 Å². The standard InChI is InChI=1S/C12H16BrFN2O/c1-12(2,11(15)16)5-6-17-8-3-4-10(14)9(13)7-8/h3-4,7H,5-6H2,1-2H3,(H3,15,16). The topological polar surface area (TPSA) is 59.1 Å². The van der Waals surface area contributed by atoms with E-state index in [1.54, 1.807) is 12.1 Å². The molecule has 3 nitrogen and oxygen atoms in total. The highest BCUT2D eigenvalue weighted by atomic mass is 79.9. The molecule has 0 aliphatic rings. The molecule has 1 aromatic rings. The molecule has 0 amide bonds. The summed E-state index contributed by atoms with van der Waals surface area (Å²) >= 11 is 3.09. The van der Waals surface area contributed by atoms with Crippen molar-refractivity contribution in [3.63, 3.8) is 0 Å². The van der Waals surface area contributed by atoms with Crippen LogP contribution in [0.2, 0.25) is 0 Å². The van der Waals surface area contributed by atoms with Gasteiger partial charge in [-0.3, -0.25) is 5.41 Å². The largest absolute Gasteiger partial charge is 0.494 e. The van der Waals surface area contributed by atoms with E-state index in [2.05, 4.69) is 15.9 Å². The molecule has 0 fully saturated rings. The Hall–Kier alpha value is -1.10. The van der Waals surface area contributed by atoms with Crippen molar-refractivity contribution < 1.29 is 9.13 Å². The molecule has 0 atom stereocenters. The SMILES string of the molecule is CC(C)(CCOc1ccc(F)c(Br)c1)C(=N)N. The number of nitrogens with two attached hydrogens (primary N) is 1. The Morgan fingerprint density at radius 3 is 2.71 bits per heavy atom. The Labute approximate surface area is 109 Å². The lowest BCUT2D eigenvalue weighted by Gasteiger charge is -2.22. The summed E-state index contributed by atoms with van der Waals surface area (Å²) in [7, 11) is 0. The van der Waals surface area contributed by atoms with Crippen molar-refractivity contribution in [3.05, 3.63) is 28.5 Å². The van der Waals surface area contributed by atoms with Gasteiger partial charge in [-0.05, 0) is 40.5 Å². The van der Waals surface area contributed by atoms with Gasteiger partial charge in [-0.15, -0.1) is 0 Å². The quantitative estimate of drug-likeness (QED) is 0.647. The highest BCUT2D eigenvalue weighted by Gasteiger charge is 2.21. The van der Waals surface area contributed by atoms with E-state index in [1.165, 1.54) is 6.07 Å². The third-order valence-corrected chi connectivity index (χ3v) is 3.22. The molecule has 94 valence electrons. The first-order valence-electron chi connectivity index (χ1n) is 5.25. The van der Waals surface area contributed by atoms with Crippen LogP contribution < -0.4 is 10.5 Å². The van der Waals surface area contributed by atoms with Crippen LogP contribution in [-0.2, 0) is 0 Å². The smallest absolute Gasteiger partial charge is 0.137 e. The molecule has 0 aliphatic carbocycles. The maximum absolute atomic E-state index is 13.0. The Morgan fingerprint density at radius 1 is 1.53 bits per heavy atom. The van der Waals surface area contributed by atoms with Crippen molar-refractivity contribution >= 4 is 21.8 Å². The maximum Gasteiger partial charge on any atom is 0.137 e. The van der Waals surface area contributed by atoms with Gasteiger partial charge in [0.05, 0.1) is 16.9 Å². The normalized spacial score (nSPS) is 11.3. The van der Waals surface area contributed by atoms with Crippen LogP contribution in [0.5, 0.6) is 5.75 Å². The van der Waals surface area contributed by atoms with Crippen LogP contribution in [0, 0.1) is 16.6 Å². The summed E-state index contributed by atoms with van der Waals surface area (Å²) in [6.07, 6.45) is 0.636. The molecule has 1 aromatic carbocycles. The molecular formula is C12H16BrFN2O. The monoisotopic (exact) mass is 302 g/mol. The van der Waals surface area contributed by atoms with E-state index in [0.29, 0.717) is 23.2 Å². The molecule has 1 rings (SSSR count). The lowest BCUT2D eigenvalue weighted by molar-refractivity contribution is 0.268. The number of rotatable bonds is 5. The van der Waals surface area contributed by atoms with Gasteiger partial charge in [-0.2, -0.15) is 0 Å². The summed E-state index contributed by atoms with van der Waals surface area (Å²) in [5.74, 6) is 0.417. The van der Waals surface area contributed by atoms with Gasteiger partial charge in [0.1, 0.15) is 11.6 Å². The second-order valence-corrected chi connectivity index (χ2v) is 5.33. The maximum atomic E-state index is 13.0. The van der Waals surface area contributed by atoms with Crippen molar-refractivity contribution in [2.75, 3.05) is 6.61 Å². The average Bonchev–Trinajstić information content (AvgIpc) is 2.23. The molecular weight excluding hydrogens is 287 g/mol. The van der Waals surface area contributed by atoms with Crippen molar-refractivity contribution in [2.45, 2.75) is 20.3 Å². The summed E-state index contributed by atoms with van der Waals surface area (Å²) in [5, 5.41) is 7.41. The Balaban J connectivity index is 2.51. The number of nitrogens with one attached hydrogen (secondary N) is 1. The van der Waals surface area contributed by atoms with Gasteiger partial charge in [0.2, 0.25) is 0 Å². The van der Waals surface area contributed by atoms with E-state index in [1.807, 2.05) is 13.8 Å². The first kappa shape index (κ1) is 14.0. The number of amidine groups is 1. The molecule has 0 aliphatic heterocycles. The van der Waals surface area contributed by atoms with Crippen LogP contribution in [0.25, 0.3) is 0 Å². The van der Waals surface area contributed by atoms with E-state index >= 15 is 0 Å². The van der Waals surface area contributed by atoms with Crippen LogP contribution >= 0.6 is 15.9 Å². The fraction of sp³-hybridized carbons (Fsp3) is 0.417. The second-order valence-electron chi connectivity index (χ2n) is 4.47. The zero-order valence-electron chi connectivity index (χ0n) is 9.89. The van der Waals surface area contributed by atoms with Crippen molar-refractivity contribution in [1.29, 1.82) is 5.41 Å². The van der Waals surface area contributed by atoms with Gasteiger partial charge in [-0.25, -0.2) is 4.39 Å². The van der Waals surface area contributed by atoms with E-state index < -0.39 is 0 Å². The molecule has 0 saturated carbocycles. The molecule has 0 radical (unpaired) electrons. The molecule has 3 N–H and O–H groups in total. The van der Waals surface area contributed by atoms with Gasteiger partial charge in [-0.1, -0.05) is 13.8 Å². The number of hydrogen-bond acceptors (Lipinski definition) is 2.